The van der Waals surface area contributed by atoms with Crippen LogP contribution in [0.25, 0.3) is 22.3 Å². The molecule has 0 aliphatic carbocycles. The van der Waals surface area contributed by atoms with E-state index >= 15 is 0 Å². The molecule has 2 heterocycles. The van der Waals surface area contributed by atoms with Crippen LogP contribution in [-0.2, 0) is 13.1 Å². The lowest BCUT2D eigenvalue weighted by molar-refractivity contribution is 0.261. The Morgan fingerprint density at radius 3 is 2.33 bits per heavy atom. The lowest BCUT2D eigenvalue weighted by Crippen LogP contribution is -2.17. The molecule has 0 spiro atoms. The first-order valence-corrected chi connectivity index (χ1v) is 10.3. The van der Waals surface area contributed by atoms with Gasteiger partial charge in [-0.1, -0.05) is 17.3 Å². The van der Waals surface area contributed by atoms with Gasteiger partial charge in [0.15, 0.2) is 11.5 Å². The third-order valence-corrected chi connectivity index (χ3v) is 5.30. The topological polar surface area (TPSA) is 92.0 Å². The number of rotatable bonds is 9. The van der Waals surface area contributed by atoms with Crippen LogP contribution in [-0.4, -0.2) is 55.5 Å². The molecule has 0 saturated heterocycles. The highest BCUT2D eigenvalue weighted by Crippen LogP contribution is 2.43. The summed E-state index contributed by atoms with van der Waals surface area (Å²) < 4.78 is 27.3. The monoisotopic (exact) mass is 450 g/mol. The fraction of sp³-hybridized carbons (Fsp3) is 0.292. The molecule has 0 N–H and O–H groups in total. The van der Waals surface area contributed by atoms with Gasteiger partial charge in [0.1, 0.15) is 11.3 Å². The maximum absolute atomic E-state index is 5.54. The Labute approximate surface area is 191 Å². The van der Waals surface area contributed by atoms with E-state index in [2.05, 4.69) is 20.0 Å². The Morgan fingerprint density at radius 2 is 1.61 bits per heavy atom. The van der Waals surface area contributed by atoms with Crippen LogP contribution in [0.1, 0.15) is 11.5 Å². The number of pyridine rings is 1. The molecule has 0 saturated carbocycles. The largest absolute Gasteiger partial charge is 0.494 e. The number of nitrogens with zero attached hydrogens (tertiary/aromatic N) is 4. The van der Waals surface area contributed by atoms with Gasteiger partial charge in [-0.15, -0.1) is 0 Å². The summed E-state index contributed by atoms with van der Waals surface area (Å²) in [5.41, 5.74) is 2.62. The Balaban J connectivity index is 1.55. The highest BCUT2D eigenvalue weighted by atomic mass is 16.5. The molecule has 4 rings (SSSR count). The van der Waals surface area contributed by atoms with E-state index in [4.69, 9.17) is 23.5 Å². The third kappa shape index (κ3) is 4.40. The number of hydrogen-bond donors (Lipinski definition) is 0. The molecule has 33 heavy (non-hydrogen) atoms. The van der Waals surface area contributed by atoms with Gasteiger partial charge in [0, 0.05) is 18.1 Å². The van der Waals surface area contributed by atoms with Crippen molar-refractivity contribution in [1.82, 2.24) is 20.0 Å². The zero-order chi connectivity index (χ0) is 23.4. The van der Waals surface area contributed by atoms with Crippen LogP contribution in [0, 0.1) is 0 Å². The van der Waals surface area contributed by atoms with Gasteiger partial charge in [-0.25, -0.2) is 0 Å². The zero-order valence-corrected chi connectivity index (χ0v) is 19.3. The fourth-order valence-electron chi connectivity index (χ4n) is 3.79. The van der Waals surface area contributed by atoms with E-state index in [1.807, 2.05) is 37.4 Å². The predicted molar refractivity (Wildman–Crippen MR) is 123 cm³/mol. The average Bonchev–Trinajstić information content (AvgIpc) is 3.31. The van der Waals surface area contributed by atoms with Crippen LogP contribution in [0.2, 0.25) is 0 Å². The van der Waals surface area contributed by atoms with Gasteiger partial charge in [0.25, 0.3) is 0 Å². The lowest BCUT2D eigenvalue weighted by Gasteiger charge is -2.16. The molecule has 0 aliphatic rings. The normalized spacial score (nSPS) is 11.1. The van der Waals surface area contributed by atoms with Crippen molar-refractivity contribution < 1.29 is 23.5 Å². The molecule has 9 nitrogen and oxygen atoms in total. The molecule has 0 fully saturated rings. The van der Waals surface area contributed by atoms with Gasteiger partial charge < -0.3 is 23.5 Å². The van der Waals surface area contributed by atoms with Crippen molar-refractivity contribution in [3.05, 3.63) is 54.0 Å². The van der Waals surface area contributed by atoms with Crippen molar-refractivity contribution in [2.45, 2.75) is 13.1 Å². The highest BCUT2D eigenvalue weighted by Gasteiger charge is 2.21. The first kappa shape index (κ1) is 22.3. The Hall–Kier alpha value is -3.85. The number of hydrogen-bond acceptors (Lipinski definition) is 9. The summed E-state index contributed by atoms with van der Waals surface area (Å²) in [6.07, 6.45) is 1.76. The SMILES string of the molecule is COc1ccc(-c2noc(CN(C)Cc3ccc(OC)c4ncccc34)n2)c(OC)c1OC. The quantitative estimate of drug-likeness (QED) is 0.376. The summed E-state index contributed by atoms with van der Waals surface area (Å²) in [6, 6.07) is 11.5. The van der Waals surface area contributed by atoms with Gasteiger partial charge >= 0.3 is 0 Å². The van der Waals surface area contributed by atoms with Crippen molar-refractivity contribution in [2.24, 2.45) is 0 Å². The van der Waals surface area contributed by atoms with E-state index in [-0.39, 0.29) is 0 Å². The zero-order valence-electron chi connectivity index (χ0n) is 19.3. The maximum Gasteiger partial charge on any atom is 0.241 e. The summed E-state index contributed by atoms with van der Waals surface area (Å²) >= 11 is 0. The van der Waals surface area contributed by atoms with Gasteiger partial charge in [-0.3, -0.25) is 9.88 Å². The molecular weight excluding hydrogens is 424 g/mol. The van der Waals surface area contributed by atoms with Crippen molar-refractivity contribution in [2.75, 3.05) is 35.5 Å². The first-order valence-electron chi connectivity index (χ1n) is 10.3. The average molecular weight is 450 g/mol. The molecule has 0 atom stereocenters. The van der Waals surface area contributed by atoms with Crippen molar-refractivity contribution in [3.8, 4) is 34.4 Å². The number of methoxy groups -OCH3 is 4. The predicted octanol–water partition coefficient (Wildman–Crippen LogP) is 3.95. The van der Waals surface area contributed by atoms with Gasteiger partial charge in [0.2, 0.25) is 17.5 Å². The van der Waals surface area contributed by atoms with E-state index in [0.29, 0.717) is 47.6 Å². The van der Waals surface area contributed by atoms with E-state index in [1.165, 1.54) is 0 Å². The lowest BCUT2D eigenvalue weighted by atomic mass is 10.1. The van der Waals surface area contributed by atoms with Crippen LogP contribution in [0.3, 0.4) is 0 Å². The van der Waals surface area contributed by atoms with E-state index in [1.54, 1.807) is 40.7 Å². The van der Waals surface area contributed by atoms with Crippen molar-refractivity contribution in [3.63, 3.8) is 0 Å². The second-order valence-corrected chi connectivity index (χ2v) is 7.39. The summed E-state index contributed by atoms with van der Waals surface area (Å²) in [6.45, 7) is 1.14. The second kappa shape index (κ2) is 9.74. The molecule has 0 bridgehead atoms. The number of benzene rings is 2. The fourth-order valence-corrected chi connectivity index (χ4v) is 3.79. The molecule has 9 heteroatoms. The minimum atomic E-state index is 0.412. The van der Waals surface area contributed by atoms with E-state index in [0.717, 1.165) is 22.2 Å². The minimum absolute atomic E-state index is 0.412. The molecule has 2 aromatic carbocycles. The minimum Gasteiger partial charge on any atom is -0.494 e. The molecule has 0 amide bonds. The number of fused-ring (bicyclic) bond motifs is 1. The molecule has 172 valence electrons. The van der Waals surface area contributed by atoms with Crippen LogP contribution in [0.4, 0.5) is 0 Å². The molecule has 0 radical (unpaired) electrons. The number of ether oxygens (including phenoxy) is 4. The summed E-state index contributed by atoms with van der Waals surface area (Å²) in [4.78, 5) is 11.1. The molecule has 0 unspecified atom stereocenters. The highest BCUT2D eigenvalue weighted by molar-refractivity contribution is 5.87. The number of aromatic nitrogens is 3. The standard InChI is InChI=1S/C24H26N4O5/c1-28(13-15-8-10-18(29-2)21-16(15)7-6-12-25-21)14-20-26-24(27-33-20)17-9-11-19(30-3)23(32-5)22(17)31-4/h6-12H,13-14H2,1-5H3. The van der Waals surface area contributed by atoms with Crippen LogP contribution >= 0.6 is 0 Å². The molecule has 0 aliphatic heterocycles. The summed E-state index contributed by atoms with van der Waals surface area (Å²) in [7, 11) is 8.33. The maximum atomic E-state index is 5.54. The summed E-state index contributed by atoms with van der Waals surface area (Å²) in [5, 5.41) is 5.19. The van der Waals surface area contributed by atoms with Crippen LogP contribution < -0.4 is 18.9 Å². The summed E-state index contributed by atoms with van der Waals surface area (Å²) in [5.74, 6) is 3.16. The van der Waals surface area contributed by atoms with Gasteiger partial charge in [-0.2, -0.15) is 4.98 Å². The Bertz CT molecular complexity index is 1260. The Morgan fingerprint density at radius 1 is 0.848 bits per heavy atom. The molecule has 2 aromatic heterocycles. The van der Waals surface area contributed by atoms with Crippen molar-refractivity contribution >= 4 is 10.9 Å². The van der Waals surface area contributed by atoms with Crippen LogP contribution in [0.5, 0.6) is 23.0 Å². The van der Waals surface area contributed by atoms with Crippen molar-refractivity contribution in [1.29, 1.82) is 0 Å². The van der Waals surface area contributed by atoms with E-state index < -0.39 is 0 Å². The van der Waals surface area contributed by atoms with Crippen LogP contribution in [0.15, 0.2) is 47.1 Å². The smallest absolute Gasteiger partial charge is 0.241 e. The molecule has 4 aromatic rings. The van der Waals surface area contributed by atoms with Gasteiger partial charge in [-0.05, 0) is 36.9 Å². The second-order valence-electron chi connectivity index (χ2n) is 7.39. The first-order chi connectivity index (χ1) is 16.1. The van der Waals surface area contributed by atoms with E-state index in [9.17, 15) is 0 Å². The van der Waals surface area contributed by atoms with Gasteiger partial charge in [0.05, 0.1) is 40.5 Å². The Kier molecular flexibility index (Phi) is 6.60. The molecular formula is C24H26N4O5. The third-order valence-electron chi connectivity index (χ3n) is 5.30.